The molecule has 1 atom stereocenters. The maximum Gasteiger partial charge on any atom is 0.0624 e. The third kappa shape index (κ3) is 1.84. The van der Waals surface area contributed by atoms with Gasteiger partial charge in [-0.05, 0) is 37.1 Å². The Hall–Kier alpha value is -1.32. The van der Waals surface area contributed by atoms with Crippen LogP contribution in [0, 0.1) is 6.92 Å². The SMILES string of the molecule is Cc1ccc2cc(C3CNCCN3C)n(C)c2c1. The molecular weight excluding hydrogens is 222 g/mol. The van der Waals surface area contributed by atoms with E-state index in [1.54, 1.807) is 0 Å². The van der Waals surface area contributed by atoms with Gasteiger partial charge in [-0.2, -0.15) is 0 Å². The van der Waals surface area contributed by atoms with Crippen LogP contribution in [0.5, 0.6) is 0 Å². The summed E-state index contributed by atoms with van der Waals surface area (Å²) in [5, 5.41) is 4.84. The van der Waals surface area contributed by atoms with Crippen LogP contribution in [0.15, 0.2) is 24.3 Å². The van der Waals surface area contributed by atoms with Crippen molar-refractivity contribution in [3.63, 3.8) is 0 Å². The van der Waals surface area contributed by atoms with Crippen LogP contribution in [0.4, 0.5) is 0 Å². The van der Waals surface area contributed by atoms with Crippen molar-refractivity contribution in [3.05, 3.63) is 35.5 Å². The van der Waals surface area contributed by atoms with E-state index in [0.29, 0.717) is 6.04 Å². The molecule has 2 aromatic rings. The summed E-state index contributed by atoms with van der Waals surface area (Å²) in [4.78, 5) is 2.44. The summed E-state index contributed by atoms with van der Waals surface area (Å²) < 4.78 is 2.34. The molecule has 0 bridgehead atoms. The van der Waals surface area contributed by atoms with Gasteiger partial charge in [0.15, 0.2) is 0 Å². The van der Waals surface area contributed by atoms with Crippen LogP contribution in [0.3, 0.4) is 0 Å². The quantitative estimate of drug-likeness (QED) is 0.827. The molecule has 0 saturated carbocycles. The predicted octanol–water partition coefficient (Wildman–Crippen LogP) is 2.06. The Morgan fingerprint density at radius 1 is 1.22 bits per heavy atom. The Labute approximate surface area is 108 Å². The molecule has 1 saturated heterocycles. The van der Waals surface area contributed by atoms with Gasteiger partial charge in [-0.15, -0.1) is 0 Å². The molecule has 3 rings (SSSR count). The second-order valence-corrected chi connectivity index (χ2v) is 5.39. The Kier molecular flexibility index (Phi) is 2.88. The molecule has 0 aliphatic carbocycles. The number of benzene rings is 1. The first-order valence-corrected chi connectivity index (χ1v) is 6.64. The van der Waals surface area contributed by atoms with Gasteiger partial charge in [0, 0.05) is 37.9 Å². The van der Waals surface area contributed by atoms with Crippen LogP contribution >= 0.6 is 0 Å². The molecule has 18 heavy (non-hydrogen) atoms. The Bertz CT molecular complexity index is 570. The van der Waals surface area contributed by atoms with Crippen LogP contribution in [0.25, 0.3) is 10.9 Å². The Balaban J connectivity index is 2.08. The minimum Gasteiger partial charge on any atom is -0.346 e. The van der Waals surface area contributed by atoms with Crippen LogP contribution in [0.2, 0.25) is 0 Å². The highest BCUT2D eigenvalue weighted by atomic mass is 15.2. The molecule has 1 aliphatic heterocycles. The number of fused-ring (bicyclic) bond motifs is 1. The molecule has 1 unspecified atom stereocenters. The van der Waals surface area contributed by atoms with Crippen LogP contribution < -0.4 is 5.32 Å². The number of nitrogens with zero attached hydrogens (tertiary/aromatic N) is 2. The lowest BCUT2D eigenvalue weighted by Gasteiger charge is -2.33. The van der Waals surface area contributed by atoms with E-state index in [2.05, 4.69) is 60.1 Å². The molecule has 0 radical (unpaired) electrons. The molecule has 0 spiro atoms. The minimum absolute atomic E-state index is 0.483. The fourth-order valence-electron chi connectivity index (χ4n) is 2.92. The van der Waals surface area contributed by atoms with Crippen molar-refractivity contribution in [1.29, 1.82) is 0 Å². The van der Waals surface area contributed by atoms with Gasteiger partial charge in [0.2, 0.25) is 0 Å². The summed E-state index contributed by atoms with van der Waals surface area (Å²) in [5.41, 5.74) is 4.07. The summed E-state index contributed by atoms with van der Waals surface area (Å²) in [5.74, 6) is 0. The molecule has 1 N–H and O–H groups in total. The zero-order chi connectivity index (χ0) is 12.7. The van der Waals surface area contributed by atoms with Crippen molar-refractivity contribution in [3.8, 4) is 0 Å². The van der Waals surface area contributed by atoms with Gasteiger partial charge in [0.25, 0.3) is 0 Å². The summed E-state index contributed by atoms with van der Waals surface area (Å²) in [6, 6.07) is 9.51. The average molecular weight is 243 g/mol. The van der Waals surface area contributed by atoms with E-state index in [0.717, 1.165) is 19.6 Å². The van der Waals surface area contributed by atoms with Crippen LogP contribution in [0.1, 0.15) is 17.3 Å². The fraction of sp³-hybridized carbons (Fsp3) is 0.467. The van der Waals surface area contributed by atoms with Crippen molar-refractivity contribution in [2.45, 2.75) is 13.0 Å². The maximum atomic E-state index is 3.49. The van der Waals surface area contributed by atoms with E-state index in [4.69, 9.17) is 0 Å². The van der Waals surface area contributed by atoms with Crippen molar-refractivity contribution < 1.29 is 0 Å². The van der Waals surface area contributed by atoms with E-state index in [9.17, 15) is 0 Å². The normalized spacial score (nSPS) is 21.6. The van der Waals surface area contributed by atoms with Crippen molar-refractivity contribution >= 4 is 10.9 Å². The lowest BCUT2D eigenvalue weighted by Crippen LogP contribution is -2.44. The molecule has 1 fully saturated rings. The molecule has 0 amide bonds. The van der Waals surface area contributed by atoms with Gasteiger partial charge in [-0.3, -0.25) is 4.90 Å². The number of likely N-dealkylation sites (N-methyl/N-ethyl adjacent to an activating group) is 1. The van der Waals surface area contributed by atoms with E-state index in [1.165, 1.54) is 22.2 Å². The number of rotatable bonds is 1. The van der Waals surface area contributed by atoms with Gasteiger partial charge in [0.1, 0.15) is 0 Å². The molecule has 96 valence electrons. The number of piperazine rings is 1. The molecule has 2 heterocycles. The standard InChI is InChI=1S/C15H21N3/c1-11-4-5-12-9-14(18(3)13(12)8-11)15-10-16-6-7-17(15)2/h4-5,8-9,15-16H,6-7,10H2,1-3H3. The summed E-state index contributed by atoms with van der Waals surface area (Å²) in [6.45, 7) is 5.40. The maximum absolute atomic E-state index is 3.49. The lowest BCUT2D eigenvalue weighted by molar-refractivity contribution is 0.196. The number of hydrogen-bond donors (Lipinski definition) is 1. The zero-order valence-corrected chi connectivity index (χ0v) is 11.4. The summed E-state index contributed by atoms with van der Waals surface area (Å²) in [7, 11) is 4.40. The van der Waals surface area contributed by atoms with Gasteiger partial charge < -0.3 is 9.88 Å². The first-order chi connectivity index (χ1) is 8.66. The molecular formula is C15H21N3. The molecule has 1 aliphatic rings. The third-order valence-corrected chi connectivity index (χ3v) is 4.09. The fourth-order valence-corrected chi connectivity index (χ4v) is 2.92. The largest absolute Gasteiger partial charge is 0.346 e. The van der Waals surface area contributed by atoms with Crippen LogP contribution in [-0.4, -0.2) is 36.1 Å². The first kappa shape index (κ1) is 11.8. The highest BCUT2D eigenvalue weighted by Crippen LogP contribution is 2.27. The zero-order valence-electron chi connectivity index (χ0n) is 11.4. The van der Waals surface area contributed by atoms with Crippen LogP contribution in [-0.2, 0) is 7.05 Å². The second kappa shape index (κ2) is 4.41. The molecule has 1 aromatic heterocycles. The van der Waals surface area contributed by atoms with E-state index >= 15 is 0 Å². The summed E-state index contributed by atoms with van der Waals surface area (Å²) in [6.07, 6.45) is 0. The van der Waals surface area contributed by atoms with Crippen molar-refractivity contribution in [2.75, 3.05) is 26.7 Å². The van der Waals surface area contributed by atoms with Gasteiger partial charge in [-0.1, -0.05) is 12.1 Å². The second-order valence-electron chi connectivity index (χ2n) is 5.39. The third-order valence-electron chi connectivity index (χ3n) is 4.09. The van der Waals surface area contributed by atoms with Gasteiger partial charge >= 0.3 is 0 Å². The van der Waals surface area contributed by atoms with Crippen molar-refractivity contribution in [2.24, 2.45) is 7.05 Å². The molecule has 1 aromatic carbocycles. The molecule has 3 heteroatoms. The lowest BCUT2D eigenvalue weighted by atomic mass is 10.1. The first-order valence-electron chi connectivity index (χ1n) is 6.64. The highest BCUT2D eigenvalue weighted by Gasteiger charge is 2.23. The Morgan fingerprint density at radius 3 is 2.83 bits per heavy atom. The smallest absolute Gasteiger partial charge is 0.0624 e. The van der Waals surface area contributed by atoms with E-state index < -0.39 is 0 Å². The number of nitrogens with one attached hydrogen (secondary N) is 1. The summed E-state index contributed by atoms with van der Waals surface area (Å²) >= 11 is 0. The number of aryl methyl sites for hydroxylation is 2. The van der Waals surface area contributed by atoms with E-state index in [-0.39, 0.29) is 0 Å². The van der Waals surface area contributed by atoms with Gasteiger partial charge in [0.05, 0.1) is 6.04 Å². The van der Waals surface area contributed by atoms with E-state index in [1.807, 2.05) is 0 Å². The number of aromatic nitrogens is 1. The monoisotopic (exact) mass is 243 g/mol. The topological polar surface area (TPSA) is 20.2 Å². The predicted molar refractivity (Wildman–Crippen MR) is 75.9 cm³/mol. The minimum atomic E-state index is 0.483. The number of hydrogen-bond acceptors (Lipinski definition) is 2. The molecule has 3 nitrogen and oxygen atoms in total. The average Bonchev–Trinajstić information content (AvgIpc) is 2.68. The Morgan fingerprint density at radius 2 is 2.06 bits per heavy atom. The van der Waals surface area contributed by atoms with Crippen molar-refractivity contribution in [1.82, 2.24) is 14.8 Å². The highest BCUT2D eigenvalue weighted by molar-refractivity contribution is 5.82. The van der Waals surface area contributed by atoms with Gasteiger partial charge in [-0.25, -0.2) is 0 Å².